The molecule has 0 aliphatic carbocycles. The predicted octanol–water partition coefficient (Wildman–Crippen LogP) is -4.43. The van der Waals surface area contributed by atoms with E-state index < -0.39 is 24.0 Å². The molecule has 2 heterocycles. The summed E-state index contributed by atoms with van der Waals surface area (Å²) in [4.78, 5) is 80.3. The number of likely N-dealkylation sites (N-methyl/N-ethyl adjacent to an activating group) is 6. The average molecular weight is 625 g/mol. The van der Waals surface area contributed by atoms with Gasteiger partial charge in [0.2, 0.25) is 23.6 Å². The van der Waals surface area contributed by atoms with Gasteiger partial charge >= 0.3 is 41.5 Å². The van der Waals surface area contributed by atoms with E-state index in [1.165, 1.54) is 33.8 Å². The molecule has 15 nitrogen and oxygen atoms in total. The fourth-order valence-corrected chi connectivity index (χ4v) is 4.48. The normalized spacial score (nSPS) is 21.0. The van der Waals surface area contributed by atoms with Gasteiger partial charge in [-0.25, -0.2) is 9.59 Å². The Morgan fingerprint density at radius 2 is 1.05 bits per heavy atom. The molecule has 0 saturated carbocycles. The van der Waals surface area contributed by atoms with Gasteiger partial charge in [0.25, 0.3) is 0 Å². The number of rotatable bonds is 12. The molecule has 0 aromatic carbocycles. The van der Waals surface area contributed by atoms with Gasteiger partial charge < -0.3 is 34.9 Å². The minimum Gasteiger partial charge on any atom is -0.870 e. The van der Waals surface area contributed by atoms with Crippen LogP contribution in [0.1, 0.15) is 27.7 Å². The van der Waals surface area contributed by atoms with Gasteiger partial charge in [-0.1, -0.05) is 27.7 Å². The summed E-state index contributed by atoms with van der Waals surface area (Å²) in [6.07, 6.45) is 0. The summed E-state index contributed by atoms with van der Waals surface area (Å²) in [5.74, 6) is -2.57. The van der Waals surface area contributed by atoms with Crippen LogP contribution in [0.4, 0.5) is 0 Å². The summed E-state index contributed by atoms with van der Waals surface area (Å²) in [5, 5.41) is 9.16. The first-order chi connectivity index (χ1) is 18.9. The first kappa shape index (κ1) is 42.8. The maximum absolute atomic E-state index is 12.3. The number of carboxylic acid groups (broad SMARTS) is 1. The van der Waals surface area contributed by atoms with Gasteiger partial charge in [0.15, 0.2) is 0 Å². The van der Waals surface area contributed by atoms with Crippen LogP contribution < -0.4 is 29.6 Å². The van der Waals surface area contributed by atoms with Gasteiger partial charge in [-0.3, -0.25) is 29.0 Å². The average Bonchev–Trinajstić information content (AvgIpc) is 3.79. The van der Waals surface area contributed by atoms with E-state index in [9.17, 15) is 28.8 Å². The number of nitrogens with zero attached hydrogens (tertiary/aromatic N) is 6. The molecule has 2 fully saturated rings. The number of amides is 4. The van der Waals surface area contributed by atoms with E-state index in [1.54, 1.807) is 35.0 Å². The summed E-state index contributed by atoms with van der Waals surface area (Å²) in [6.45, 7) is 8.48. The first-order valence-corrected chi connectivity index (χ1v) is 13.6. The number of methoxy groups -OCH3 is 1. The van der Waals surface area contributed by atoms with Crippen LogP contribution >= 0.6 is 0 Å². The monoisotopic (exact) mass is 624 g/mol. The van der Waals surface area contributed by atoms with E-state index in [0.29, 0.717) is 6.54 Å². The van der Waals surface area contributed by atoms with E-state index in [2.05, 4.69) is 0 Å². The van der Waals surface area contributed by atoms with Crippen molar-refractivity contribution >= 4 is 35.6 Å². The molecule has 2 unspecified atom stereocenters. The number of ether oxygens (including phenoxy) is 1. The van der Waals surface area contributed by atoms with Crippen LogP contribution in [0, 0.1) is 11.8 Å². The maximum Gasteiger partial charge on any atom is 1.00 e. The molecular weight excluding hydrogens is 575 g/mol. The molecule has 2 aliphatic heterocycles. The largest absolute Gasteiger partial charge is 1.00 e. The van der Waals surface area contributed by atoms with E-state index in [0.717, 1.165) is 6.54 Å². The number of carboxylic acids is 1. The third-order valence-electron chi connectivity index (χ3n) is 7.37. The van der Waals surface area contributed by atoms with Crippen molar-refractivity contribution < 1.29 is 73.6 Å². The van der Waals surface area contributed by atoms with Gasteiger partial charge in [-0.2, -0.15) is 0 Å². The van der Waals surface area contributed by atoms with Crippen molar-refractivity contribution in [1.29, 1.82) is 0 Å². The number of aliphatic carboxylic acids is 1. The van der Waals surface area contributed by atoms with Crippen molar-refractivity contribution in [2.75, 3.05) is 75.6 Å². The van der Waals surface area contributed by atoms with E-state index in [4.69, 9.17) is 9.84 Å². The Balaban J connectivity index is 0. The second kappa shape index (κ2) is 18.5. The van der Waals surface area contributed by atoms with Crippen molar-refractivity contribution in [1.82, 2.24) is 29.4 Å². The van der Waals surface area contributed by atoms with Crippen LogP contribution in [0.3, 0.4) is 0 Å². The molecule has 0 aromatic heterocycles. The molecule has 0 spiro atoms. The number of esters is 1. The molecule has 43 heavy (non-hydrogen) atoms. The van der Waals surface area contributed by atoms with Crippen molar-refractivity contribution in [3.63, 3.8) is 0 Å². The van der Waals surface area contributed by atoms with Crippen LogP contribution in [-0.2, 0) is 33.5 Å². The number of carbonyl (C=O) groups is 6. The van der Waals surface area contributed by atoms with Gasteiger partial charge in [-0.05, 0) is 25.9 Å². The summed E-state index contributed by atoms with van der Waals surface area (Å²) in [7, 11) is 11.2. The van der Waals surface area contributed by atoms with Crippen molar-refractivity contribution in [3.05, 3.63) is 0 Å². The molecule has 2 N–H and O–H groups in total. The smallest absolute Gasteiger partial charge is 0.870 e. The number of hydrogen-bond donors (Lipinski definition) is 1. The Morgan fingerprint density at radius 1 is 0.744 bits per heavy atom. The Labute approximate surface area is 277 Å². The van der Waals surface area contributed by atoms with Gasteiger partial charge in [0.05, 0.1) is 20.2 Å². The molecule has 0 aromatic rings. The molecule has 0 radical (unpaired) electrons. The van der Waals surface area contributed by atoms with Crippen LogP contribution in [-0.4, -0.2) is 175 Å². The molecule has 2 rings (SSSR count). The zero-order valence-electron chi connectivity index (χ0n) is 27.7. The Hall–Kier alpha value is -2.30. The molecule has 16 heteroatoms. The number of carbonyl (C=O) groups excluding carboxylic acids is 5. The third-order valence-corrected chi connectivity index (χ3v) is 7.37. The fourth-order valence-electron chi connectivity index (χ4n) is 4.48. The molecule has 6 atom stereocenters. The second-order valence-electron chi connectivity index (χ2n) is 11.5. The summed E-state index contributed by atoms with van der Waals surface area (Å²) in [5.41, 5.74) is 0. The van der Waals surface area contributed by atoms with Gasteiger partial charge in [0, 0.05) is 41.3 Å². The number of hydrogen-bond acceptors (Lipinski definition) is 10. The second-order valence-corrected chi connectivity index (χ2v) is 11.5. The summed E-state index contributed by atoms with van der Waals surface area (Å²) in [6, 6.07) is -1.78. The molecule has 4 amide bonds. The quantitative estimate of drug-likeness (QED) is 0.126. The molecule has 2 aliphatic rings. The molecular formula is C27H49N6NaO9. The first-order valence-electron chi connectivity index (χ1n) is 13.6. The zero-order valence-corrected chi connectivity index (χ0v) is 29.7. The summed E-state index contributed by atoms with van der Waals surface area (Å²) >= 11 is 0. The van der Waals surface area contributed by atoms with E-state index >= 15 is 0 Å². The molecule has 0 bridgehead atoms. The van der Waals surface area contributed by atoms with Gasteiger partial charge in [-0.15, -0.1) is 0 Å². The molecule has 242 valence electrons. The zero-order chi connectivity index (χ0) is 31.9. The van der Waals surface area contributed by atoms with Crippen molar-refractivity contribution in [2.45, 2.75) is 51.9 Å². The Morgan fingerprint density at radius 3 is 1.28 bits per heavy atom. The Kier molecular flexibility index (Phi) is 18.4. The topological polar surface area (TPSA) is 181 Å². The summed E-state index contributed by atoms with van der Waals surface area (Å²) < 4.78 is 4.74. The minimum absolute atomic E-state index is 0. The Bertz CT molecular complexity index is 998. The van der Waals surface area contributed by atoms with Crippen molar-refractivity contribution in [3.8, 4) is 0 Å². The standard InChI is InChI=1S/C14H25N3O4.C13H23N3O4.Na.H2O/c1-9(2)12(14(20)21-6)17(5)11(18)8-16(4)13(19)10-7-15(10)3;1-8(2)11(13(19)20)16(5)10(17)7-15(4)12(18)9-6-14(9)3;;/h9-10,12H,7-8H2,1-6H3;8-9,11H,6-7H2,1-5H3,(H,19,20);;1H2/q;;+1;/p-1/t10-,12+,15?;9-,11+,14?;;/m11../s1. The van der Waals surface area contributed by atoms with E-state index in [1.807, 2.05) is 37.7 Å². The molecule has 2 saturated heterocycles. The minimum atomic E-state index is -1.04. The van der Waals surface area contributed by atoms with Crippen LogP contribution in [0.15, 0.2) is 0 Å². The predicted molar refractivity (Wildman–Crippen MR) is 152 cm³/mol. The fraction of sp³-hybridized carbons (Fsp3) is 0.778. The van der Waals surface area contributed by atoms with E-state index in [-0.39, 0.29) is 95.7 Å². The van der Waals surface area contributed by atoms with Crippen LogP contribution in [0.25, 0.3) is 0 Å². The third kappa shape index (κ3) is 12.3. The SMILES string of the molecule is CC(C)[C@@H](C(=O)O)N(C)C(=O)CN(C)C(=O)[C@H]1CN1C.COC(=O)[C@H](C(C)C)N(C)C(=O)CN(C)C(=O)[C@H]1CN1C.[Na+].[OH-]. The van der Waals surface area contributed by atoms with Gasteiger partial charge in [0.1, 0.15) is 24.2 Å². The van der Waals surface area contributed by atoms with Crippen LogP contribution in [0.2, 0.25) is 0 Å². The van der Waals surface area contributed by atoms with Crippen molar-refractivity contribution in [2.24, 2.45) is 11.8 Å². The maximum atomic E-state index is 12.3. The van der Waals surface area contributed by atoms with Crippen LogP contribution in [0.5, 0.6) is 0 Å².